The number of hydrogen-bond acceptors (Lipinski definition) is 3. The van der Waals surface area contributed by atoms with E-state index in [-0.39, 0.29) is 0 Å². The molecule has 0 aliphatic heterocycles. The summed E-state index contributed by atoms with van der Waals surface area (Å²) in [6.07, 6.45) is 1.86. The summed E-state index contributed by atoms with van der Waals surface area (Å²) in [5.74, 6) is 1.89. The van der Waals surface area contributed by atoms with E-state index in [1.54, 1.807) is 20.8 Å². The van der Waals surface area contributed by atoms with Crippen LogP contribution < -0.4 is 5.73 Å². The molecule has 3 nitrogen and oxygen atoms in total. The van der Waals surface area contributed by atoms with Gasteiger partial charge in [0.25, 0.3) is 0 Å². The minimum atomic E-state index is -0.725. The Balaban J connectivity index is 0. The fourth-order valence-corrected chi connectivity index (χ4v) is 0.984. The molecule has 0 bridgehead atoms. The van der Waals surface area contributed by atoms with Crippen LogP contribution in [0, 0.1) is 5.92 Å². The lowest BCUT2D eigenvalue weighted by Gasteiger charge is -2.16. The smallest absolute Gasteiger partial charge is 0.405 e. The van der Waals surface area contributed by atoms with Crippen molar-refractivity contribution in [2.45, 2.75) is 53.1 Å². The van der Waals surface area contributed by atoms with Crippen LogP contribution in [0.5, 0.6) is 0 Å². The number of thiol groups is 1. The Hall–Kier alpha value is -0.380. The summed E-state index contributed by atoms with van der Waals surface area (Å²) in [6.45, 7) is 9.76. The molecule has 0 saturated carbocycles. The first-order valence-corrected chi connectivity index (χ1v) is 5.91. The van der Waals surface area contributed by atoms with E-state index in [1.807, 2.05) is 0 Å². The zero-order valence-electron chi connectivity index (χ0n) is 10.5. The maximum atomic E-state index is 10.0. The highest BCUT2D eigenvalue weighted by atomic mass is 32.1. The molecule has 0 spiro atoms. The lowest BCUT2D eigenvalue weighted by molar-refractivity contribution is 0.0600. The quantitative estimate of drug-likeness (QED) is 0.738. The maximum absolute atomic E-state index is 10.0. The zero-order chi connectivity index (χ0) is 12.5. The fraction of sp³-hybridized carbons (Fsp3) is 0.909. The Bertz CT molecular complexity index is 164. The second kappa shape index (κ2) is 8.89. The molecule has 0 heterocycles. The Kier molecular flexibility index (Phi) is 10.1. The van der Waals surface area contributed by atoms with Crippen molar-refractivity contribution in [3.05, 3.63) is 0 Å². The van der Waals surface area contributed by atoms with Crippen LogP contribution >= 0.6 is 12.6 Å². The highest BCUT2D eigenvalue weighted by Gasteiger charge is 2.12. The number of amides is 1. The topological polar surface area (TPSA) is 52.3 Å². The van der Waals surface area contributed by atoms with Crippen molar-refractivity contribution in [2.75, 3.05) is 5.75 Å². The molecule has 0 fully saturated rings. The standard InChI is InChI=1S/C6H14S.C5H11NO2/c1-6(2)4-3-5-7;1-5(2,3)8-4(6)7/h6-7H,3-5H2,1-2H3;1-3H3,(H2,6,7). The summed E-state index contributed by atoms with van der Waals surface area (Å²) in [7, 11) is 0. The number of hydrogen-bond donors (Lipinski definition) is 2. The van der Waals surface area contributed by atoms with Gasteiger partial charge in [-0.25, -0.2) is 4.79 Å². The number of ether oxygens (including phenoxy) is 1. The summed E-state index contributed by atoms with van der Waals surface area (Å²) in [6, 6.07) is 0. The van der Waals surface area contributed by atoms with Gasteiger partial charge in [-0.3, -0.25) is 0 Å². The molecule has 2 N–H and O–H groups in total. The lowest BCUT2D eigenvalue weighted by atomic mass is 10.1. The lowest BCUT2D eigenvalue weighted by Crippen LogP contribution is -2.27. The summed E-state index contributed by atoms with van der Waals surface area (Å²) in [4.78, 5) is 10.0. The van der Waals surface area contributed by atoms with Crippen LogP contribution in [0.4, 0.5) is 4.79 Å². The third-order valence-corrected chi connectivity index (χ3v) is 1.66. The van der Waals surface area contributed by atoms with Gasteiger partial charge in [-0.15, -0.1) is 0 Å². The van der Waals surface area contributed by atoms with Crippen molar-refractivity contribution < 1.29 is 9.53 Å². The minimum Gasteiger partial charge on any atom is -0.444 e. The highest BCUT2D eigenvalue weighted by molar-refractivity contribution is 7.80. The first kappa shape index (κ1) is 17.0. The molecular formula is C11H25NO2S. The number of primary amides is 1. The van der Waals surface area contributed by atoms with E-state index in [0.717, 1.165) is 11.7 Å². The first-order valence-electron chi connectivity index (χ1n) is 5.28. The molecule has 4 heteroatoms. The van der Waals surface area contributed by atoms with Crippen molar-refractivity contribution in [3.63, 3.8) is 0 Å². The molecule has 0 aromatic rings. The van der Waals surface area contributed by atoms with Gasteiger partial charge < -0.3 is 10.5 Å². The van der Waals surface area contributed by atoms with Gasteiger partial charge >= 0.3 is 6.09 Å². The molecule has 0 aliphatic rings. The van der Waals surface area contributed by atoms with Crippen LogP contribution in [0.15, 0.2) is 0 Å². The van der Waals surface area contributed by atoms with Gasteiger partial charge in [0.15, 0.2) is 0 Å². The van der Waals surface area contributed by atoms with Crippen molar-refractivity contribution in [1.82, 2.24) is 0 Å². The highest BCUT2D eigenvalue weighted by Crippen LogP contribution is 2.04. The predicted molar refractivity (Wildman–Crippen MR) is 68.3 cm³/mol. The van der Waals surface area contributed by atoms with Crippen molar-refractivity contribution >= 4 is 18.7 Å². The molecule has 0 saturated heterocycles. The molecule has 0 aliphatic carbocycles. The largest absolute Gasteiger partial charge is 0.444 e. The molecule has 0 atom stereocenters. The summed E-state index contributed by atoms with van der Waals surface area (Å²) < 4.78 is 4.58. The molecular weight excluding hydrogens is 210 g/mol. The maximum Gasteiger partial charge on any atom is 0.405 e. The molecule has 0 aromatic heterocycles. The first-order chi connectivity index (χ1) is 6.69. The third kappa shape index (κ3) is 24.7. The van der Waals surface area contributed by atoms with Gasteiger partial charge in [0.05, 0.1) is 0 Å². The van der Waals surface area contributed by atoms with Gasteiger partial charge in [-0.05, 0) is 38.9 Å². The third-order valence-electron chi connectivity index (χ3n) is 1.35. The summed E-state index contributed by atoms with van der Waals surface area (Å²) in [5.41, 5.74) is 4.26. The Morgan fingerprint density at radius 3 is 1.93 bits per heavy atom. The van der Waals surface area contributed by atoms with Gasteiger partial charge in [0.1, 0.15) is 5.60 Å². The average Bonchev–Trinajstić information content (AvgIpc) is 1.96. The molecule has 0 radical (unpaired) electrons. The molecule has 0 unspecified atom stereocenters. The van der Waals surface area contributed by atoms with E-state index >= 15 is 0 Å². The average molecular weight is 235 g/mol. The van der Waals surface area contributed by atoms with Gasteiger partial charge in [0, 0.05) is 0 Å². The SMILES string of the molecule is CC(C)(C)OC(N)=O.CC(C)CCCS. The summed E-state index contributed by atoms with van der Waals surface area (Å²) in [5, 5.41) is 0. The zero-order valence-corrected chi connectivity index (χ0v) is 11.4. The van der Waals surface area contributed by atoms with Crippen LogP contribution in [0.3, 0.4) is 0 Å². The number of carbonyl (C=O) groups excluding carboxylic acids is 1. The van der Waals surface area contributed by atoms with Crippen LogP contribution in [-0.4, -0.2) is 17.4 Å². The minimum absolute atomic E-state index is 0.453. The van der Waals surface area contributed by atoms with Crippen LogP contribution in [0.2, 0.25) is 0 Å². The van der Waals surface area contributed by atoms with Gasteiger partial charge in [-0.1, -0.05) is 20.3 Å². The molecule has 1 amide bonds. The van der Waals surface area contributed by atoms with E-state index in [9.17, 15) is 4.79 Å². The predicted octanol–water partition coefficient (Wildman–Crippen LogP) is 3.23. The monoisotopic (exact) mass is 235 g/mol. The molecule has 92 valence electrons. The van der Waals surface area contributed by atoms with E-state index < -0.39 is 11.7 Å². The van der Waals surface area contributed by atoms with E-state index in [2.05, 4.69) is 31.2 Å². The number of carbonyl (C=O) groups is 1. The number of rotatable bonds is 3. The second-order valence-corrected chi connectivity index (χ2v) is 5.24. The Morgan fingerprint density at radius 2 is 1.87 bits per heavy atom. The Morgan fingerprint density at radius 1 is 1.40 bits per heavy atom. The van der Waals surface area contributed by atoms with E-state index in [4.69, 9.17) is 5.73 Å². The van der Waals surface area contributed by atoms with E-state index in [0.29, 0.717) is 0 Å². The normalized spacial score (nSPS) is 10.6. The van der Waals surface area contributed by atoms with Crippen LogP contribution in [0.1, 0.15) is 47.5 Å². The second-order valence-electron chi connectivity index (χ2n) is 4.79. The van der Waals surface area contributed by atoms with Gasteiger partial charge in [-0.2, -0.15) is 12.6 Å². The van der Waals surface area contributed by atoms with Crippen molar-refractivity contribution in [3.8, 4) is 0 Å². The molecule has 15 heavy (non-hydrogen) atoms. The van der Waals surface area contributed by atoms with Gasteiger partial charge in [0.2, 0.25) is 0 Å². The fourth-order valence-electron chi connectivity index (χ4n) is 0.801. The molecule has 0 aromatic carbocycles. The van der Waals surface area contributed by atoms with Crippen molar-refractivity contribution in [1.29, 1.82) is 0 Å². The number of nitrogens with two attached hydrogens (primary N) is 1. The van der Waals surface area contributed by atoms with Crippen LogP contribution in [0.25, 0.3) is 0 Å². The van der Waals surface area contributed by atoms with E-state index in [1.165, 1.54) is 12.8 Å². The summed E-state index contributed by atoms with van der Waals surface area (Å²) >= 11 is 4.10. The van der Waals surface area contributed by atoms with Crippen molar-refractivity contribution in [2.24, 2.45) is 11.7 Å². The van der Waals surface area contributed by atoms with Crippen LogP contribution in [-0.2, 0) is 4.74 Å². The molecule has 0 rings (SSSR count). The Labute approximate surface area is 99.2 Å².